The average Bonchev–Trinajstić information content (AvgIpc) is 3.12. The maximum absolute atomic E-state index is 4.40. The number of nitrogens with one attached hydrogen (secondary N) is 1. The molecule has 0 radical (unpaired) electrons. The van der Waals surface area contributed by atoms with Gasteiger partial charge in [0.1, 0.15) is 6.04 Å². The van der Waals surface area contributed by atoms with Crippen LogP contribution in [-0.4, -0.2) is 46.7 Å². The first-order valence-electron chi connectivity index (χ1n) is 7.53. The highest BCUT2D eigenvalue weighted by molar-refractivity contribution is 7.99. The second kappa shape index (κ2) is 6.24. The minimum atomic E-state index is 0.538. The molecule has 0 saturated carbocycles. The van der Waals surface area contributed by atoms with Crippen LogP contribution in [0.1, 0.15) is 37.5 Å². The Morgan fingerprint density at radius 1 is 1.32 bits per heavy atom. The van der Waals surface area contributed by atoms with E-state index in [1.54, 1.807) is 4.90 Å². The molecule has 0 spiro atoms. The van der Waals surface area contributed by atoms with Gasteiger partial charge in [0.15, 0.2) is 11.0 Å². The summed E-state index contributed by atoms with van der Waals surface area (Å²) in [6, 6.07) is 0.538. The van der Waals surface area contributed by atoms with E-state index in [0.717, 1.165) is 16.7 Å². The summed E-state index contributed by atoms with van der Waals surface area (Å²) in [5.74, 6) is 2.32. The third kappa shape index (κ3) is 3.12. The summed E-state index contributed by atoms with van der Waals surface area (Å²) in [6.45, 7) is 5.23. The highest BCUT2D eigenvalue weighted by atomic mass is 32.2. The van der Waals surface area contributed by atoms with Crippen molar-refractivity contribution in [3.63, 3.8) is 0 Å². The van der Waals surface area contributed by atoms with Crippen LogP contribution in [0.5, 0.6) is 0 Å². The normalized spacial score (nSPS) is 24.4. The Morgan fingerprint density at radius 2 is 2.16 bits per heavy atom. The Kier molecular flexibility index (Phi) is 4.40. The largest absolute Gasteiger partial charge is 0.337 e. The molecule has 0 bridgehead atoms. The van der Waals surface area contributed by atoms with Gasteiger partial charge in [0.2, 0.25) is 0 Å². The van der Waals surface area contributed by atoms with Crippen molar-refractivity contribution in [1.29, 1.82) is 0 Å². The minimum Gasteiger partial charge on any atom is -0.337 e. The number of nitrogens with two attached hydrogens (primary N) is 1. The lowest BCUT2D eigenvalue weighted by Gasteiger charge is -2.11. The lowest BCUT2D eigenvalue weighted by molar-refractivity contribution is -0.884. The first-order chi connectivity index (χ1) is 9.34. The monoisotopic (exact) mass is 283 g/mol. The summed E-state index contributed by atoms with van der Waals surface area (Å²) in [4.78, 5) is 1.76. The van der Waals surface area contributed by atoms with Crippen molar-refractivity contribution in [3.05, 3.63) is 5.82 Å². The molecule has 3 N–H and O–H groups in total. The topological polar surface area (TPSA) is 51.8 Å². The Balaban J connectivity index is 1.52. The van der Waals surface area contributed by atoms with E-state index in [0.29, 0.717) is 6.04 Å². The van der Waals surface area contributed by atoms with Crippen molar-refractivity contribution in [1.82, 2.24) is 14.8 Å². The molecule has 1 atom stereocenters. The van der Waals surface area contributed by atoms with Crippen molar-refractivity contribution in [3.8, 4) is 0 Å². The molecule has 0 aliphatic carbocycles. The predicted molar refractivity (Wildman–Crippen MR) is 75.3 cm³/mol. The standard InChI is InChI=1S/C13H23N5S/c1-17-12(11-5-4-6-14-11)15-16-13(17)19-10-9-18-7-2-3-8-18/h11,14H,2-10H2,1H3/p+2/t11-/m1/s1. The van der Waals surface area contributed by atoms with Gasteiger partial charge in [-0.05, 0) is 0 Å². The summed E-state index contributed by atoms with van der Waals surface area (Å²) in [5, 5.41) is 12.3. The second-order valence-electron chi connectivity index (χ2n) is 5.73. The fraction of sp³-hybridized carbons (Fsp3) is 0.846. The molecule has 0 aromatic carbocycles. The number of rotatable bonds is 5. The molecule has 5 nitrogen and oxygen atoms in total. The van der Waals surface area contributed by atoms with Crippen LogP contribution in [-0.2, 0) is 7.05 Å². The molecule has 106 valence electrons. The van der Waals surface area contributed by atoms with Gasteiger partial charge in [0, 0.05) is 32.7 Å². The number of hydrogen-bond donors (Lipinski definition) is 2. The van der Waals surface area contributed by atoms with Gasteiger partial charge in [-0.1, -0.05) is 11.8 Å². The van der Waals surface area contributed by atoms with Gasteiger partial charge in [0.05, 0.1) is 31.9 Å². The van der Waals surface area contributed by atoms with E-state index in [1.165, 1.54) is 51.9 Å². The maximum atomic E-state index is 4.40. The molecule has 2 aliphatic rings. The van der Waals surface area contributed by atoms with Gasteiger partial charge < -0.3 is 14.8 Å². The van der Waals surface area contributed by atoms with Gasteiger partial charge in [-0.2, -0.15) is 0 Å². The molecule has 3 heterocycles. The number of quaternary nitrogens is 2. The van der Waals surface area contributed by atoms with Crippen LogP contribution >= 0.6 is 11.8 Å². The van der Waals surface area contributed by atoms with Gasteiger partial charge in [0.25, 0.3) is 0 Å². The zero-order valence-electron chi connectivity index (χ0n) is 11.8. The number of nitrogens with zero attached hydrogens (tertiary/aromatic N) is 3. The van der Waals surface area contributed by atoms with Crippen molar-refractivity contribution in [2.24, 2.45) is 7.05 Å². The molecule has 2 aliphatic heterocycles. The van der Waals surface area contributed by atoms with Crippen molar-refractivity contribution in [2.75, 3.05) is 31.9 Å². The lowest BCUT2D eigenvalue weighted by atomic mass is 10.2. The summed E-state index contributed by atoms with van der Waals surface area (Å²) in [5.41, 5.74) is 0. The van der Waals surface area contributed by atoms with Crippen LogP contribution in [0.15, 0.2) is 5.16 Å². The highest BCUT2D eigenvalue weighted by Gasteiger charge is 2.26. The van der Waals surface area contributed by atoms with E-state index in [4.69, 9.17) is 0 Å². The van der Waals surface area contributed by atoms with E-state index in [2.05, 4.69) is 27.1 Å². The highest BCUT2D eigenvalue weighted by Crippen LogP contribution is 2.20. The van der Waals surface area contributed by atoms with Crippen molar-refractivity contribution >= 4 is 11.8 Å². The van der Waals surface area contributed by atoms with Crippen LogP contribution in [0.2, 0.25) is 0 Å². The number of aromatic nitrogens is 3. The maximum Gasteiger partial charge on any atom is 0.191 e. The molecule has 2 saturated heterocycles. The number of thioether (sulfide) groups is 1. The zero-order chi connectivity index (χ0) is 13.1. The third-order valence-electron chi connectivity index (χ3n) is 4.37. The quantitative estimate of drug-likeness (QED) is 0.681. The Bertz CT molecular complexity index is 407. The van der Waals surface area contributed by atoms with E-state index in [1.807, 2.05) is 11.8 Å². The molecule has 0 amide bonds. The average molecular weight is 283 g/mol. The third-order valence-corrected chi connectivity index (χ3v) is 5.39. The van der Waals surface area contributed by atoms with Crippen LogP contribution < -0.4 is 10.2 Å². The summed E-state index contributed by atoms with van der Waals surface area (Å²) >= 11 is 1.87. The van der Waals surface area contributed by atoms with Crippen molar-refractivity contribution < 1.29 is 10.2 Å². The van der Waals surface area contributed by atoms with Gasteiger partial charge in [-0.25, -0.2) is 0 Å². The minimum absolute atomic E-state index is 0.538. The number of hydrogen-bond acceptors (Lipinski definition) is 3. The van der Waals surface area contributed by atoms with Crippen LogP contribution in [0.3, 0.4) is 0 Å². The molecule has 6 heteroatoms. The van der Waals surface area contributed by atoms with Gasteiger partial charge >= 0.3 is 0 Å². The molecule has 19 heavy (non-hydrogen) atoms. The molecule has 0 unspecified atom stereocenters. The van der Waals surface area contributed by atoms with Crippen molar-refractivity contribution in [2.45, 2.75) is 36.9 Å². The summed E-state index contributed by atoms with van der Waals surface area (Å²) in [6.07, 6.45) is 5.37. The van der Waals surface area contributed by atoms with Crippen LogP contribution in [0.4, 0.5) is 0 Å². The van der Waals surface area contributed by atoms with E-state index in [9.17, 15) is 0 Å². The molecule has 3 rings (SSSR count). The molecule has 1 aromatic heterocycles. The molecule has 2 fully saturated rings. The van der Waals surface area contributed by atoms with Crippen LogP contribution in [0, 0.1) is 0 Å². The van der Waals surface area contributed by atoms with E-state index >= 15 is 0 Å². The first kappa shape index (κ1) is 13.4. The van der Waals surface area contributed by atoms with E-state index in [-0.39, 0.29) is 0 Å². The summed E-state index contributed by atoms with van der Waals surface area (Å²) < 4.78 is 2.20. The predicted octanol–water partition coefficient (Wildman–Crippen LogP) is -1.02. The van der Waals surface area contributed by atoms with Crippen LogP contribution in [0.25, 0.3) is 0 Å². The number of likely N-dealkylation sites (tertiary alicyclic amines) is 1. The second-order valence-corrected chi connectivity index (χ2v) is 6.79. The summed E-state index contributed by atoms with van der Waals surface area (Å²) in [7, 11) is 2.12. The van der Waals surface area contributed by atoms with Gasteiger partial charge in [-0.3, -0.25) is 0 Å². The Labute approximate surface area is 119 Å². The molecular formula is C13H25N5S+2. The smallest absolute Gasteiger partial charge is 0.191 e. The fourth-order valence-corrected chi connectivity index (χ4v) is 4.15. The SMILES string of the molecule is Cn1c(SCC[NH+]2CCCC2)nnc1[C@H]1CCC[NH2+]1. The lowest BCUT2D eigenvalue weighted by Crippen LogP contribution is -3.10. The first-order valence-corrected chi connectivity index (χ1v) is 8.52. The Hall–Kier alpha value is -0.590. The van der Waals surface area contributed by atoms with E-state index < -0.39 is 0 Å². The van der Waals surface area contributed by atoms with Gasteiger partial charge in [-0.15, -0.1) is 10.2 Å². The molecular weight excluding hydrogens is 258 g/mol. The fourth-order valence-electron chi connectivity index (χ4n) is 3.20. The Morgan fingerprint density at radius 3 is 2.89 bits per heavy atom. The molecule has 1 aromatic rings. The zero-order valence-corrected chi connectivity index (χ0v) is 12.6.